The zero-order valence-electron chi connectivity index (χ0n) is 54.6. The Labute approximate surface area is 514 Å². The van der Waals surface area contributed by atoms with E-state index in [9.17, 15) is 19.4 Å². The second-order valence-electron chi connectivity index (χ2n) is 24.2. The second-order valence-corrected chi connectivity index (χ2v) is 25.6. The lowest BCUT2D eigenvalue weighted by Crippen LogP contribution is -2.46. The summed E-state index contributed by atoms with van der Waals surface area (Å²) in [7, 11) is 1.28. The quantitative estimate of drug-likeness (QED) is 0.0272. The first kappa shape index (κ1) is 79.9. The van der Waals surface area contributed by atoms with E-state index in [1.54, 1.807) is 0 Å². The number of rotatable bonds is 62. The fourth-order valence-corrected chi connectivity index (χ4v) is 10.4. The first-order valence-corrected chi connectivity index (χ1v) is 35.8. The number of likely N-dealkylation sites (N-methyl/N-ethyl adjacent to an activating group) is 1. The fourth-order valence-electron chi connectivity index (χ4n) is 9.66. The highest BCUT2D eigenvalue weighted by molar-refractivity contribution is 7.45. The zero-order valence-corrected chi connectivity index (χ0v) is 55.5. The molecule has 0 saturated heterocycles. The van der Waals surface area contributed by atoms with Crippen molar-refractivity contribution in [3.05, 3.63) is 122 Å². The molecule has 0 aliphatic carbocycles. The van der Waals surface area contributed by atoms with Gasteiger partial charge in [0.05, 0.1) is 39.9 Å². The van der Waals surface area contributed by atoms with Crippen LogP contribution < -0.4 is 10.2 Å². The van der Waals surface area contributed by atoms with Gasteiger partial charge in [-0.25, -0.2) is 0 Å². The lowest BCUT2D eigenvalue weighted by atomic mass is 10.0. The molecule has 0 aromatic carbocycles. The largest absolute Gasteiger partial charge is 0.756 e. The Balaban J connectivity index is 4.15. The van der Waals surface area contributed by atoms with Gasteiger partial charge in [-0.15, -0.1) is 0 Å². The summed E-state index contributed by atoms with van der Waals surface area (Å²) in [5, 5.41) is 14.1. The van der Waals surface area contributed by atoms with Crippen LogP contribution >= 0.6 is 7.82 Å². The highest BCUT2D eigenvalue weighted by Crippen LogP contribution is 2.38. The van der Waals surface area contributed by atoms with Crippen molar-refractivity contribution >= 4 is 13.7 Å². The first-order valence-electron chi connectivity index (χ1n) is 34.4. The summed E-state index contributed by atoms with van der Waals surface area (Å²) in [5.74, 6) is -0.181. The van der Waals surface area contributed by atoms with Crippen LogP contribution in [0.1, 0.15) is 290 Å². The van der Waals surface area contributed by atoms with Crippen molar-refractivity contribution in [1.82, 2.24) is 5.32 Å². The number of amides is 1. The van der Waals surface area contributed by atoms with Crippen LogP contribution in [-0.4, -0.2) is 68.5 Å². The predicted molar refractivity (Wildman–Crippen MR) is 362 cm³/mol. The molecule has 0 heterocycles. The van der Waals surface area contributed by atoms with E-state index in [1.165, 1.54) is 148 Å². The maximum Gasteiger partial charge on any atom is 0.268 e. The Hall–Kier alpha value is -3.10. The highest BCUT2D eigenvalue weighted by atomic mass is 31.2. The Kier molecular flexibility index (Phi) is 61.0. The molecule has 0 saturated carbocycles. The van der Waals surface area contributed by atoms with Gasteiger partial charge in [0.15, 0.2) is 0 Å². The highest BCUT2D eigenvalue weighted by Gasteiger charge is 2.24. The van der Waals surface area contributed by atoms with Crippen molar-refractivity contribution in [2.45, 2.75) is 302 Å². The number of carbonyl (C=O) groups excluding carboxylic acids is 1. The molecule has 478 valence electrons. The minimum absolute atomic E-state index is 0.00348. The van der Waals surface area contributed by atoms with Crippen LogP contribution in [0.3, 0.4) is 0 Å². The minimum atomic E-state index is -4.59. The summed E-state index contributed by atoms with van der Waals surface area (Å²) in [4.78, 5) is 25.7. The Bertz CT molecular complexity index is 1770. The van der Waals surface area contributed by atoms with Crippen molar-refractivity contribution in [3.63, 3.8) is 0 Å². The van der Waals surface area contributed by atoms with Crippen LogP contribution in [0.25, 0.3) is 0 Å². The van der Waals surface area contributed by atoms with Crippen LogP contribution in [-0.2, 0) is 18.4 Å². The molecule has 2 N–H and O–H groups in total. The van der Waals surface area contributed by atoms with Gasteiger partial charge in [-0.3, -0.25) is 9.36 Å². The van der Waals surface area contributed by atoms with E-state index in [1.807, 2.05) is 21.1 Å². The van der Waals surface area contributed by atoms with Gasteiger partial charge in [-0.2, -0.15) is 0 Å². The van der Waals surface area contributed by atoms with Crippen molar-refractivity contribution in [1.29, 1.82) is 0 Å². The van der Waals surface area contributed by atoms with Crippen LogP contribution in [0.4, 0.5) is 0 Å². The molecule has 9 heteroatoms. The molecule has 0 aliphatic heterocycles. The van der Waals surface area contributed by atoms with Gasteiger partial charge in [0, 0.05) is 6.42 Å². The van der Waals surface area contributed by atoms with Crippen LogP contribution in [0.15, 0.2) is 122 Å². The van der Waals surface area contributed by atoms with E-state index in [-0.39, 0.29) is 19.1 Å². The lowest BCUT2D eigenvalue weighted by Gasteiger charge is -2.30. The third-order valence-electron chi connectivity index (χ3n) is 15.0. The molecular weight excluding hydrogens is 1040 g/mol. The number of phosphoric ester groups is 1. The summed E-state index contributed by atoms with van der Waals surface area (Å²) in [5.41, 5.74) is 0. The van der Waals surface area contributed by atoms with Gasteiger partial charge in [0.2, 0.25) is 5.91 Å². The molecule has 0 bridgehead atoms. The molecule has 0 spiro atoms. The standard InChI is InChI=1S/C74H131N2O6P/c1-6-8-10-12-14-16-18-20-22-24-26-28-30-32-33-34-35-36-37-38-39-40-41-42-43-44-46-48-50-52-54-56-58-60-62-64-66-68-74(78)75-72(71-82-83(79,80)81-70-69-76(3,4)5)73(77)67-65-63-61-59-57-55-53-51-49-47-45-31-29-27-25-23-21-19-17-15-13-11-9-7-2/h8,10,14,16,20,22,26,28,32-33,35-36,38-39,41-42,44,46,50,52,72-73,77H,6-7,9,11-13,15,17-19,21,23-25,27,29-31,34,37,40,43,45,47-49,51,53-71H2,1-5H3,(H-,75,78,79,80)/b10-8-,16-14-,22-20-,28-26-,33-32-,36-35-,39-38-,42-41-,46-44-,52-50-. The molecule has 0 aromatic rings. The summed E-state index contributed by atoms with van der Waals surface area (Å²) in [6, 6.07) is -0.819. The number of allylic oxidation sites excluding steroid dienone is 20. The number of unbranched alkanes of at least 4 members (excludes halogenated alkanes) is 29. The Morgan fingerprint density at radius 2 is 0.735 bits per heavy atom. The SMILES string of the molecule is CC/C=C\C/C=C\C/C=C\C/C=C\C/C=C\C/C=C\C/C=C\C/C=C\C/C=C\C/C=C\CCCCCCCCC(=O)NC(COP(=O)([O-])OCC[N+](C)(C)C)C(O)CCCCCCCCCCCCCCCCCCCCCCCCCC. The summed E-state index contributed by atoms with van der Waals surface area (Å²) in [6.45, 7) is 4.61. The summed E-state index contributed by atoms with van der Waals surface area (Å²) >= 11 is 0. The topological polar surface area (TPSA) is 108 Å². The maximum absolute atomic E-state index is 13.0. The molecule has 8 nitrogen and oxygen atoms in total. The summed E-state index contributed by atoms with van der Waals surface area (Å²) < 4.78 is 23.5. The predicted octanol–water partition coefficient (Wildman–Crippen LogP) is 21.4. The smallest absolute Gasteiger partial charge is 0.268 e. The monoisotopic (exact) mass is 1170 g/mol. The van der Waals surface area contributed by atoms with Crippen LogP contribution in [0.5, 0.6) is 0 Å². The van der Waals surface area contributed by atoms with E-state index in [2.05, 4.69) is 141 Å². The van der Waals surface area contributed by atoms with Crippen molar-refractivity contribution in [2.75, 3.05) is 40.9 Å². The molecule has 1 amide bonds. The van der Waals surface area contributed by atoms with Crippen LogP contribution in [0, 0.1) is 0 Å². The van der Waals surface area contributed by atoms with Gasteiger partial charge < -0.3 is 28.8 Å². The summed E-state index contributed by atoms with van der Waals surface area (Å²) in [6.07, 6.45) is 94.0. The number of phosphoric acid groups is 1. The molecule has 0 radical (unpaired) electrons. The van der Waals surface area contributed by atoms with Gasteiger partial charge in [-0.1, -0.05) is 315 Å². The average Bonchev–Trinajstić information content (AvgIpc) is 3.50. The van der Waals surface area contributed by atoms with Crippen molar-refractivity contribution < 1.29 is 32.9 Å². The minimum Gasteiger partial charge on any atom is -0.756 e. The average molecular weight is 1180 g/mol. The molecule has 3 unspecified atom stereocenters. The molecule has 0 aliphatic rings. The van der Waals surface area contributed by atoms with Gasteiger partial charge >= 0.3 is 0 Å². The number of carbonyl (C=O) groups is 1. The maximum atomic E-state index is 13.0. The van der Waals surface area contributed by atoms with E-state index >= 15 is 0 Å². The molecule has 0 rings (SSSR count). The van der Waals surface area contributed by atoms with E-state index in [4.69, 9.17) is 9.05 Å². The number of hydrogen-bond acceptors (Lipinski definition) is 6. The van der Waals surface area contributed by atoms with Crippen LogP contribution in [0.2, 0.25) is 0 Å². The normalized spacial score (nSPS) is 14.4. The Morgan fingerprint density at radius 3 is 1.07 bits per heavy atom. The number of nitrogens with one attached hydrogen (secondary N) is 1. The molecule has 3 atom stereocenters. The number of quaternary nitrogens is 1. The Morgan fingerprint density at radius 1 is 0.434 bits per heavy atom. The molecule has 0 aromatic heterocycles. The van der Waals surface area contributed by atoms with Crippen molar-refractivity contribution in [2.24, 2.45) is 0 Å². The molecule has 83 heavy (non-hydrogen) atoms. The third kappa shape index (κ3) is 66.3. The number of hydrogen-bond donors (Lipinski definition) is 2. The molecular formula is C74H131N2O6P. The first-order chi connectivity index (χ1) is 40.5. The second kappa shape index (κ2) is 63.4. The number of nitrogens with zero attached hydrogens (tertiary/aromatic N) is 1. The third-order valence-corrected chi connectivity index (χ3v) is 15.9. The van der Waals surface area contributed by atoms with E-state index in [0.29, 0.717) is 23.9 Å². The van der Waals surface area contributed by atoms with Crippen molar-refractivity contribution in [3.8, 4) is 0 Å². The van der Waals surface area contributed by atoms with Gasteiger partial charge in [0.1, 0.15) is 13.2 Å². The van der Waals surface area contributed by atoms with Gasteiger partial charge in [-0.05, 0) is 89.9 Å². The lowest BCUT2D eigenvalue weighted by molar-refractivity contribution is -0.870. The molecule has 0 fully saturated rings. The fraction of sp³-hybridized carbons (Fsp3) is 0.716. The van der Waals surface area contributed by atoms with E-state index < -0.39 is 20.0 Å². The number of aliphatic hydroxyl groups excluding tert-OH is 1. The van der Waals surface area contributed by atoms with E-state index in [0.717, 1.165) is 116 Å². The zero-order chi connectivity index (χ0) is 60.5. The van der Waals surface area contributed by atoms with Gasteiger partial charge in [0.25, 0.3) is 7.82 Å². The number of aliphatic hydroxyl groups is 1.